The van der Waals surface area contributed by atoms with Crippen LogP contribution in [0, 0.1) is 0 Å². The Balaban J connectivity index is 1.67. The van der Waals surface area contributed by atoms with Gasteiger partial charge in [0.25, 0.3) is 0 Å². The standard InChI is InChI=1S/C21H18N4O5/c1-27-16-8-12(9-17(28-2)19(16)26)18-20(24-21-22-6-3-7-25(18)21)23-13-4-5-14-15(10-13)30-11-29-14/h3-10,23,26H,11H2,1-2H3. The first-order valence-electron chi connectivity index (χ1n) is 9.13. The minimum Gasteiger partial charge on any atom is -0.502 e. The molecule has 2 aromatic carbocycles. The van der Waals surface area contributed by atoms with Crippen molar-refractivity contribution in [2.24, 2.45) is 0 Å². The number of phenolic OH excluding ortho intramolecular Hbond substituents is 1. The number of nitrogens with one attached hydrogen (secondary N) is 1. The summed E-state index contributed by atoms with van der Waals surface area (Å²) < 4.78 is 23.3. The summed E-state index contributed by atoms with van der Waals surface area (Å²) in [5, 5.41) is 13.6. The van der Waals surface area contributed by atoms with Crippen LogP contribution in [0.3, 0.4) is 0 Å². The van der Waals surface area contributed by atoms with Crippen molar-refractivity contribution < 1.29 is 24.1 Å². The zero-order chi connectivity index (χ0) is 20.7. The Bertz CT molecular complexity index is 1230. The predicted molar refractivity (Wildman–Crippen MR) is 109 cm³/mol. The molecular formula is C21H18N4O5. The van der Waals surface area contributed by atoms with Crippen molar-refractivity contribution in [1.82, 2.24) is 14.4 Å². The van der Waals surface area contributed by atoms with Crippen LogP contribution >= 0.6 is 0 Å². The van der Waals surface area contributed by atoms with E-state index in [1.807, 2.05) is 34.9 Å². The van der Waals surface area contributed by atoms with Crippen molar-refractivity contribution in [2.75, 3.05) is 26.3 Å². The number of nitrogens with zero attached hydrogens (tertiary/aromatic N) is 3. The molecule has 0 saturated carbocycles. The molecule has 4 aromatic rings. The van der Waals surface area contributed by atoms with Crippen molar-refractivity contribution in [3.05, 3.63) is 48.8 Å². The molecule has 2 aromatic heterocycles. The summed E-state index contributed by atoms with van der Waals surface area (Å²) in [6, 6.07) is 10.8. The summed E-state index contributed by atoms with van der Waals surface area (Å²) in [6.07, 6.45) is 3.54. The van der Waals surface area contributed by atoms with Crippen molar-refractivity contribution in [3.63, 3.8) is 0 Å². The fourth-order valence-electron chi connectivity index (χ4n) is 3.39. The summed E-state index contributed by atoms with van der Waals surface area (Å²) in [4.78, 5) is 8.98. The zero-order valence-corrected chi connectivity index (χ0v) is 16.2. The number of phenols is 1. The summed E-state index contributed by atoms with van der Waals surface area (Å²) >= 11 is 0. The van der Waals surface area contributed by atoms with Gasteiger partial charge in [-0.3, -0.25) is 4.40 Å². The molecule has 30 heavy (non-hydrogen) atoms. The molecule has 152 valence electrons. The first kappa shape index (κ1) is 17.9. The van der Waals surface area contributed by atoms with Gasteiger partial charge in [-0.15, -0.1) is 0 Å². The molecule has 1 aliphatic heterocycles. The number of aromatic hydroxyl groups is 1. The van der Waals surface area contributed by atoms with Gasteiger partial charge in [-0.2, -0.15) is 4.98 Å². The van der Waals surface area contributed by atoms with E-state index < -0.39 is 0 Å². The van der Waals surface area contributed by atoms with Gasteiger partial charge in [0.1, 0.15) is 0 Å². The third kappa shape index (κ3) is 2.87. The van der Waals surface area contributed by atoms with E-state index >= 15 is 0 Å². The minimum atomic E-state index is -0.0685. The second kappa shape index (κ2) is 7.03. The van der Waals surface area contributed by atoms with Crippen LogP contribution in [0.4, 0.5) is 11.5 Å². The maximum atomic E-state index is 10.3. The molecule has 0 radical (unpaired) electrons. The number of aromatic nitrogens is 3. The number of anilines is 2. The monoisotopic (exact) mass is 406 g/mol. The third-order valence-electron chi connectivity index (χ3n) is 4.79. The van der Waals surface area contributed by atoms with Crippen LogP contribution in [0.2, 0.25) is 0 Å². The number of methoxy groups -OCH3 is 2. The number of rotatable bonds is 5. The van der Waals surface area contributed by atoms with Gasteiger partial charge in [-0.25, -0.2) is 4.98 Å². The molecule has 0 atom stereocenters. The van der Waals surface area contributed by atoms with E-state index in [-0.39, 0.29) is 24.0 Å². The van der Waals surface area contributed by atoms with Crippen molar-refractivity contribution in [3.8, 4) is 40.0 Å². The summed E-state index contributed by atoms with van der Waals surface area (Å²) in [5.74, 6) is 2.96. The average molecular weight is 406 g/mol. The van der Waals surface area contributed by atoms with Crippen LogP contribution in [0.5, 0.6) is 28.7 Å². The average Bonchev–Trinajstić information content (AvgIpc) is 3.37. The minimum absolute atomic E-state index is 0.0685. The molecule has 0 aliphatic carbocycles. The Labute approximate surface area is 171 Å². The van der Waals surface area contributed by atoms with E-state index in [1.165, 1.54) is 14.2 Å². The molecule has 0 spiro atoms. The van der Waals surface area contributed by atoms with Gasteiger partial charge in [-0.1, -0.05) is 0 Å². The molecule has 9 heteroatoms. The lowest BCUT2D eigenvalue weighted by molar-refractivity contribution is 0.174. The molecule has 5 rings (SSSR count). The van der Waals surface area contributed by atoms with Gasteiger partial charge >= 0.3 is 0 Å². The Morgan fingerprint density at radius 3 is 2.60 bits per heavy atom. The fourth-order valence-corrected chi connectivity index (χ4v) is 3.39. The van der Waals surface area contributed by atoms with Crippen molar-refractivity contribution in [1.29, 1.82) is 0 Å². The van der Waals surface area contributed by atoms with Crippen LogP contribution in [0.25, 0.3) is 17.0 Å². The Morgan fingerprint density at radius 1 is 1.07 bits per heavy atom. The highest BCUT2D eigenvalue weighted by Gasteiger charge is 2.21. The second-order valence-electron chi connectivity index (χ2n) is 6.52. The summed E-state index contributed by atoms with van der Waals surface area (Å²) in [5.41, 5.74) is 2.24. The highest BCUT2D eigenvalue weighted by atomic mass is 16.7. The Kier molecular flexibility index (Phi) is 4.20. The first-order valence-corrected chi connectivity index (χ1v) is 9.13. The summed E-state index contributed by atoms with van der Waals surface area (Å²) in [6.45, 7) is 0.204. The van der Waals surface area contributed by atoms with E-state index in [0.717, 1.165) is 16.9 Å². The van der Waals surface area contributed by atoms with Crippen LogP contribution in [0.1, 0.15) is 0 Å². The number of hydrogen-bond donors (Lipinski definition) is 2. The molecule has 0 saturated heterocycles. The molecule has 9 nitrogen and oxygen atoms in total. The van der Waals surface area contributed by atoms with Gasteiger partial charge in [-0.05, 0) is 30.3 Å². The number of hydrogen-bond acceptors (Lipinski definition) is 8. The van der Waals surface area contributed by atoms with Gasteiger partial charge in [0.2, 0.25) is 18.3 Å². The molecule has 0 bridgehead atoms. The highest BCUT2D eigenvalue weighted by molar-refractivity contribution is 5.81. The zero-order valence-electron chi connectivity index (χ0n) is 16.2. The van der Waals surface area contributed by atoms with E-state index in [2.05, 4.69) is 15.3 Å². The highest BCUT2D eigenvalue weighted by Crippen LogP contribution is 2.43. The lowest BCUT2D eigenvalue weighted by Crippen LogP contribution is -1.97. The largest absolute Gasteiger partial charge is 0.502 e. The predicted octanol–water partition coefficient (Wildman–Crippen LogP) is 3.59. The number of fused-ring (bicyclic) bond motifs is 2. The van der Waals surface area contributed by atoms with Gasteiger partial charge < -0.3 is 29.4 Å². The molecular weight excluding hydrogens is 388 g/mol. The molecule has 2 N–H and O–H groups in total. The topological polar surface area (TPSA) is 99.4 Å². The SMILES string of the molecule is COc1cc(-c2c(Nc3ccc4c(c3)OCO4)nc3ncccn23)cc(OC)c1O. The second-order valence-corrected chi connectivity index (χ2v) is 6.52. The van der Waals surface area contributed by atoms with E-state index in [1.54, 1.807) is 18.3 Å². The smallest absolute Gasteiger partial charge is 0.236 e. The molecule has 1 aliphatic rings. The fraction of sp³-hybridized carbons (Fsp3) is 0.143. The maximum Gasteiger partial charge on any atom is 0.236 e. The first-order chi connectivity index (χ1) is 14.7. The quantitative estimate of drug-likeness (QED) is 0.519. The van der Waals surface area contributed by atoms with E-state index in [0.29, 0.717) is 23.1 Å². The maximum absolute atomic E-state index is 10.3. The van der Waals surface area contributed by atoms with Gasteiger partial charge in [0.15, 0.2) is 28.8 Å². The molecule has 0 fully saturated rings. The van der Waals surface area contributed by atoms with E-state index in [9.17, 15) is 5.11 Å². The molecule has 0 amide bonds. The lowest BCUT2D eigenvalue weighted by Gasteiger charge is -2.13. The lowest BCUT2D eigenvalue weighted by atomic mass is 10.1. The Morgan fingerprint density at radius 2 is 1.83 bits per heavy atom. The van der Waals surface area contributed by atoms with Crippen LogP contribution in [0.15, 0.2) is 48.8 Å². The number of benzene rings is 2. The van der Waals surface area contributed by atoms with Crippen LogP contribution in [-0.2, 0) is 0 Å². The van der Waals surface area contributed by atoms with Crippen LogP contribution < -0.4 is 24.3 Å². The van der Waals surface area contributed by atoms with Crippen molar-refractivity contribution >= 4 is 17.3 Å². The third-order valence-corrected chi connectivity index (χ3v) is 4.79. The number of ether oxygens (including phenoxy) is 4. The van der Waals surface area contributed by atoms with Gasteiger partial charge in [0, 0.05) is 29.7 Å². The van der Waals surface area contributed by atoms with Crippen LogP contribution in [-0.4, -0.2) is 40.5 Å². The Hall–Kier alpha value is -4.14. The summed E-state index contributed by atoms with van der Waals surface area (Å²) in [7, 11) is 2.97. The number of imidazole rings is 1. The van der Waals surface area contributed by atoms with Gasteiger partial charge in [0.05, 0.1) is 19.9 Å². The molecule has 3 heterocycles. The van der Waals surface area contributed by atoms with E-state index in [4.69, 9.17) is 18.9 Å². The van der Waals surface area contributed by atoms with Crippen molar-refractivity contribution in [2.45, 2.75) is 0 Å². The normalized spacial score (nSPS) is 12.2. The molecule has 0 unspecified atom stereocenters.